The minimum atomic E-state index is -0.895. The van der Waals surface area contributed by atoms with Gasteiger partial charge < -0.3 is 5.11 Å². The van der Waals surface area contributed by atoms with E-state index < -0.39 is 5.97 Å². The fraction of sp³-hybridized carbons (Fsp3) is 0.368. The van der Waals surface area contributed by atoms with Crippen LogP contribution in [0.3, 0.4) is 0 Å². The lowest BCUT2D eigenvalue weighted by Crippen LogP contribution is -2.35. The summed E-state index contributed by atoms with van der Waals surface area (Å²) < 4.78 is 3.10. The number of carboxylic acids is 1. The van der Waals surface area contributed by atoms with E-state index in [0.29, 0.717) is 12.2 Å². The molecule has 3 aromatic heterocycles. The van der Waals surface area contributed by atoms with Crippen molar-refractivity contribution in [3.05, 3.63) is 64.5 Å². The Morgan fingerprint density at radius 1 is 1.30 bits per heavy atom. The number of carbonyl (C=O) groups is 1. The summed E-state index contributed by atoms with van der Waals surface area (Å²) in [5.74, 6) is -0.671. The molecule has 1 atom stereocenters. The largest absolute Gasteiger partial charge is 0.480 e. The summed E-state index contributed by atoms with van der Waals surface area (Å²) >= 11 is 0. The lowest BCUT2D eigenvalue weighted by Gasteiger charge is -2.32. The number of fused-ring (bicyclic) bond motifs is 1. The molecule has 1 aliphatic rings. The highest BCUT2D eigenvalue weighted by molar-refractivity contribution is 5.66. The van der Waals surface area contributed by atoms with Crippen molar-refractivity contribution < 1.29 is 9.90 Å². The number of piperidine rings is 1. The van der Waals surface area contributed by atoms with E-state index in [2.05, 4.69) is 15.0 Å². The van der Waals surface area contributed by atoms with E-state index in [-0.39, 0.29) is 18.0 Å². The standard InChI is InChI=1S/C19H21N5O3/c25-18-10-15(21-17-5-1-2-9-23(17)18)12-22-8-3-4-14(11-22)16-6-7-20-24(16)13-19(26)27/h1-2,5-7,9-10,14H,3-4,8,11-13H2,(H,26,27)/t14-/m0/s1. The van der Waals surface area contributed by atoms with Crippen molar-refractivity contribution >= 4 is 11.6 Å². The molecule has 1 saturated heterocycles. The number of carboxylic acid groups (broad SMARTS) is 1. The Morgan fingerprint density at radius 3 is 3.04 bits per heavy atom. The van der Waals surface area contributed by atoms with Gasteiger partial charge in [-0.25, -0.2) is 4.98 Å². The van der Waals surface area contributed by atoms with Crippen LogP contribution < -0.4 is 5.56 Å². The number of hydrogen-bond acceptors (Lipinski definition) is 5. The highest BCUT2D eigenvalue weighted by Crippen LogP contribution is 2.27. The first-order chi connectivity index (χ1) is 13.1. The highest BCUT2D eigenvalue weighted by Gasteiger charge is 2.25. The summed E-state index contributed by atoms with van der Waals surface area (Å²) in [5.41, 5.74) is 2.27. The summed E-state index contributed by atoms with van der Waals surface area (Å²) in [6.07, 6.45) is 5.38. The van der Waals surface area contributed by atoms with Gasteiger partial charge in [0.2, 0.25) is 0 Å². The lowest BCUT2D eigenvalue weighted by atomic mass is 9.94. The first-order valence-electron chi connectivity index (χ1n) is 9.03. The molecule has 0 radical (unpaired) electrons. The van der Waals surface area contributed by atoms with Crippen molar-refractivity contribution in [1.82, 2.24) is 24.1 Å². The molecule has 0 saturated carbocycles. The second-order valence-electron chi connectivity index (χ2n) is 6.90. The normalized spacial score (nSPS) is 18.0. The third-order valence-corrected chi connectivity index (χ3v) is 4.97. The average molecular weight is 367 g/mol. The molecular formula is C19H21N5O3. The monoisotopic (exact) mass is 367 g/mol. The zero-order valence-corrected chi connectivity index (χ0v) is 14.9. The minimum Gasteiger partial charge on any atom is -0.480 e. The highest BCUT2D eigenvalue weighted by atomic mass is 16.4. The number of rotatable bonds is 5. The first-order valence-corrected chi connectivity index (χ1v) is 9.03. The van der Waals surface area contributed by atoms with Crippen LogP contribution in [-0.4, -0.2) is 48.2 Å². The zero-order chi connectivity index (χ0) is 18.8. The van der Waals surface area contributed by atoms with E-state index in [1.54, 1.807) is 23.1 Å². The average Bonchev–Trinajstić information content (AvgIpc) is 3.09. The van der Waals surface area contributed by atoms with Crippen molar-refractivity contribution in [2.24, 2.45) is 0 Å². The number of hydrogen-bond donors (Lipinski definition) is 1. The van der Waals surface area contributed by atoms with Gasteiger partial charge in [0, 0.05) is 43.2 Å². The van der Waals surface area contributed by atoms with Crippen molar-refractivity contribution in [3.63, 3.8) is 0 Å². The Labute approximate surface area is 155 Å². The van der Waals surface area contributed by atoms with E-state index >= 15 is 0 Å². The number of likely N-dealkylation sites (tertiary alicyclic amines) is 1. The van der Waals surface area contributed by atoms with Gasteiger partial charge in [-0.05, 0) is 37.6 Å². The van der Waals surface area contributed by atoms with Crippen LogP contribution in [0.4, 0.5) is 0 Å². The first kappa shape index (κ1) is 17.4. The van der Waals surface area contributed by atoms with Crippen LogP contribution in [0.5, 0.6) is 0 Å². The quantitative estimate of drug-likeness (QED) is 0.732. The molecule has 0 aromatic carbocycles. The van der Waals surface area contributed by atoms with Gasteiger partial charge in [0.1, 0.15) is 12.2 Å². The summed E-state index contributed by atoms with van der Waals surface area (Å²) in [7, 11) is 0. The van der Waals surface area contributed by atoms with E-state index in [1.165, 1.54) is 4.40 Å². The number of aliphatic carboxylic acids is 1. The van der Waals surface area contributed by atoms with E-state index in [9.17, 15) is 9.59 Å². The fourth-order valence-corrected chi connectivity index (χ4v) is 3.80. The maximum Gasteiger partial charge on any atom is 0.325 e. The van der Waals surface area contributed by atoms with Crippen LogP contribution in [0, 0.1) is 0 Å². The molecule has 0 bridgehead atoms. The molecule has 1 fully saturated rings. The molecule has 8 heteroatoms. The molecule has 3 aromatic rings. The molecule has 4 rings (SSSR count). The molecule has 1 aliphatic heterocycles. The molecule has 0 aliphatic carbocycles. The maximum absolute atomic E-state index is 12.3. The SMILES string of the molecule is O=C(O)Cn1nccc1[C@H]1CCCN(Cc2cc(=O)n3ccccc3n2)C1. The van der Waals surface area contributed by atoms with Crippen LogP contribution in [0.15, 0.2) is 47.5 Å². The Kier molecular flexibility index (Phi) is 4.72. The molecule has 1 N–H and O–H groups in total. The molecule has 140 valence electrons. The third-order valence-electron chi connectivity index (χ3n) is 4.97. The third kappa shape index (κ3) is 3.75. The Morgan fingerprint density at radius 2 is 2.19 bits per heavy atom. The second kappa shape index (κ2) is 7.32. The molecule has 8 nitrogen and oxygen atoms in total. The van der Waals surface area contributed by atoms with Crippen molar-refractivity contribution in [2.75, 3.05) is 13.1 Å². The number of pyridine rings is 1. The Balaban J connectivity index is 1.52. The van der Waals surface area contributed by atoms with Gasteiger partial charge in [0.05, 0.1) is 5.69 Å². The number of nitrogens with zero attached hydrogens (tertiary/aromatic N) is 5. The molecule has 0 amide bonds. The summed E-state index contributed by atoms with van der Waals surface area (Å²) in [4.78, 5) is 30.2. The van der Waals surface area contributed by atoms with Crippen LogP contribution in [0.2, 0.25) is 0 Å². The zero-order valence-electron chi connectivity index (χ0n) is 14.9. The second-order valence-corrected chi connectivity index (χ2v) is 6.90. The molecule has 0 unspecified atom stereocenters. The van der Waals surface area contributed by atoms with Crippen LogP contribution in [0.1, 0.15) is 30.1 Å². The maximum atomic E-state index is 12.3. The van der Waals surface area contributed by atoms with Crippen molar-refractivity contribution in [3.8, 4) is 0 Å². The molecular weight excluding hydrogens is 346 g/mol. The van der Waals surface area contributed by atoms with Gasteiger partial charge >= 0.3 is 5.97 Å². The van der Waals surface area contributed by atoms with Crippen LogP contribution in [-0.2, 0) is 17.9 Å². The van der Waals surface area contributed by atoms with E-state index in [4.69, 9.17) is 5.11 Å². The van der Waals surface area contributed by atoms with Crippen molar-refractivity contribution in [2.45, 2.75) is 31.8 Å². The predicted molar refractivity (Wildman–Crippen MR) is 98.6 cm³/mol. The number of aromatic nitrogens is 4. The van der Waals surface area contributed by atoms with Gasteiger partial charge in [-0.2, -0.15) is 5.10 Å². The topological polar surface area (TPSA) is 92.7 Å². The van der Waals surface area contributed by atoms with E-state index in [0.717, 1.165) is 37.3 Å². The minimum absolute atomic E-state index is 0.0799. The van der Waals surface area contributed by atoms with Crippen molar-refractivity contribution in [1.29, 1.82) is 0 Å². The summed E-state index contributed by atoms with van der Waals surface area (Å²) in [5, 5.41) is 13.2. The van der Waals surface area contributed by atoms with Crippen LogP contribution in [0.25, 0.3) is 5.65 Å². The fourth-order valence-electron chi connectivity index (χ4n) is 3.80. The molecule has 0 spiro atoms. The van der Waals surface area contributed by atoms with Gasteiger partial charge in [-0.15, -0.1) is 0 Å². The van der Waals surface area contributed by atoms with Gasteiger partial charge in [-0.1, -0.05) is 6.07 Å². The predicted octanol–water partition coefficient (Wildman–Crippen LogP) is 1.36. The smallest absolute Gasteiger partial charge is 0.325 e. The van der Waals surface area contributed by atoms with Gasteiger partial charge in [0.25, 0.3) is 5.56 Å². The Hall–Kier alpha value is -3.00. The van der Waals surface area contributed by atoms with E-state index in [1.807, 2.05) is 24.3 Å². The summed E-state index contributed by atoms with van der Waals surface area (Å²) in [6, 6.07) is 8.99. The van der Waals surface area contributed by atoms with Gasteiger partial charge in [0.15, 0.2) is 0 Å². The van der Waals surface area contributed by atoms with Gasteiger partial charge in [-0.3, -0.25) is 23.6 Å². The summed E-state index contributed by atoms with van der Waals surface area (Å²) in [6.45, 7) is 2.20. The molecule has 27 heavy (non-hydrogen) atoms. The molecule has 4 heterocycles. The lowest BCUT2D eigenvalue weighted by molar-refractivity contribution is -0.137. The van der Waals surface area contributed by atoms with Crippen LogP contribution >= 0.6 is 0 Å². The Bertz CT molecular complexity index is 1030.